The maximum Gasteiger partial charge on any atom is 0.246 e. The van der Waals surface area contributed by atoms with E-state index in [0.29, 0.717) is 56.4 Å². The molecule has 2 saturated heterocycles. The van der Waals surface area contributed by atoms with Crippen LogP contribution in [0.2, 0.25) is 0 Å². The first-order chi connectivity index (χ1) is 20.9. The number of nitrogens with one attached hydrogen (secondary N) is 1. The lowest BCUT2D eigenvalue weighted by atomic mass is 9.80. The molecule has 0 saturated carbocycles. The first kappa shape index (κ1) is 30.6. The number of piperazine rings is 1. The van der Waals surface area contributed by atoms with Gasteiger partial charge < -0.3 is 19.7 Å². The lowest BCUT2D eigenvalue weighted by molar-refractivity contribution is -0.161. The van der Waals surface area contributed by atoms with Crippen molar-refractivity contribution >= 4 is 11.8 Å². The Labute approximate surface area is 256 Å². The first-order valence-corrected chi connectivity index (χ1v) is 15.7. The highest BCUT2D eigenvalue weighted by Gasteiger charge is 2.53. The van der Waals surface area contributed by atoms with Crippen molar-refractivity contribution in [2.45, 2.75) is 77.8 Å². The number of hydrogen-bond donors (Lipinski definition) is 1. The molecule has 0 aliphatic carbocycles. The molecule has 2 amide bonds. The molecular formula is C36H45N3O4. The molecule has 7 heteroatoms. The minimum Gasteiger partial charge on any atom is -0.485 e. The molecule has 7 nitrogen and oxygen atoms in total. The van der Waals surface area contributed by atoms with Crippen molar-refractivity contribution < 1.29 is 19.1 Å². The second-order valence-corrected chi connectivity index (χ2v) is 12.3. The van der Waals surface area contributed by atoms with Crippen LogP contribution in [0, 0.1) is 5.92 Å². The summed E-state index contributed by atoms with van der Waals surface area (Å²) in [5, 5.41) is 3.10. The Balaban J connectivity index is 1.27. The molecule has 0 radical (unpaired) electrons. The summed E-state index contributed by atoms with van der Waals surface area (Å²) in [5.41, 5.74) is 2.56. The third-order valence-corrected chi connectivity index (χ3v) is 8.53. The Kier molecular flexibility index (Phi) is 10.0. The average Bonchev–Trinajstić information content (AvgIpc) is 3.02. The number of rotatable bonds is 12. The Morgan fingerprint density at radius 3 is 2.02 bits per heavy atom. The van der Waals surface area contributed by atoms with E-state index in [0.717, 1.165) is 42.7 Å². The van der Waals surface area contributed by atoms with Crippen molar-refractivity contribution in [3.05, 3.63) is 95.6 Å². The normalized spacial score (nSPS) is 18.6. The van der Waals surface area contributed by atoms with Crippen LogP contribution in [0.1, 0.15) is 63.1 Å². The molecule has 0 aromatic heterocycles. The summed E-state index contributed by atoms with van der Waals surface area (Å²) in [6, 6.07) is 26.0. The molecule has 2 heterocycles. The maximum atomic E-state index is 13.5. The fraction of sp³-hybridized carbons (Fsp3) is 0.444. The van der Waals surface area contributed by atoms with Crippen LogP contribution in [0.15, 0.2) is 78.9 Å². The van der Waals surface area contributed by atoms with Gasteiger partial charge in [-0.1, -0.05) is 87.5 Å². The van der Waals surface area contributed by atoms with Crippen LogP contribution in [0.5, 0.6) is 11.5 Å². The molecule has 1 atom stereocenters. The summed E-state index contributed by atoms with van der Waals surface area (Å²) in [7, 11) is 0. The van der Waals surface area contributed by atoms with Gasteiger partial charge in [0, 0.05) is 26.2 Å². The lowest BCUT2D eigenvalue weighted by Gasteiger charge is -2.52. The molecule has 2 aliphatic rings. The van der Waals surface area contributed by atoms with Crippen molar-refractivity contribution in [2.75, 3.05) is 19.6 Å². The van der Waals surface area contributed by atoms with Gasteiger partial charge in [0.1, 0.15) is 24.8 Å². The molecule has 2 aliphatic heterocycles. The summed E-state index contributed by atoms with van der Waals surface area (Å²) in [6.45, 7) is 9.99. The first-order valence-electron chi connectivity index (χ1n) is 15.7. The van der Waals surface area contributed by atoms with Crippen molar-refractivity contribution in [3.63, 3.8) is 0 Å². The molecule has 43 heavy (non-hydrogen) atoms. The van der Waals surface area contributed by atoms with Gasteiger partial charge in [-0.15, -0.1) is 0 Å². The Morgan fingerprint density at radius 2 is 1.44 bits per heavy atom. The molecule has 5 rings (SSSR count). The highest BCUT2D eigenvalue weighted by Crippen LogP contribution is 2.36. The Bertz CT molecular complexity index is 1350. The van der Waals surface area contributed by atoms with Crippen LogP contribution >= 0.6 is 0 Å². The zero-order chi connectivity index (χ0) is 30.2. The van der Waals surface area contributed by atoms with E-state index in [9.17, 15) is 9.59 Å². The van der Waals surface area contributed by atoms with E-state index in [1.54, 1.807) is 0 Å². The number of amides is 2. The molecule has 1 N–H and O–H groups in total. The van der Waals surface area contributed by atoms with Crippen LogP contribution in [-0.2, 0) is 29.3 Å². The number of ether oxygens (including phenoxy) is 2. The van der Waals surface area contributed by atoms with E-state index in [-0.39, 0.29) is 11.8 Å². The third kappa shape index (κ3) is 7.39. The molecule has 0 bridgehead atoms. The summed E-state index contributed by atoms with van der Waals surface area (Å²) in [4.78, 5) is 31.3. The monoisotopic (exact) mass is 583 g/mol. The maximum absolute atomic E-state index is 13.5. The van der Waals surface area contributed by atoms with Gasteiger partial charge in [-0.3, -0.25) is 14.5 Å². The number of carbonyl (C=O) groups is 2. The van der Waals surface area contributed by atoms with Gasteiger partial charge in [0.2, 0.25) is 11.8 Å². The van der Waals surface area contributed by atoms with Crippen molar-refractivity contribution in [3.8, 4) is 11.5 Å². The Morgan fingerprint density at radius 1 is 0.837 bits per heavy atom. The average molecular weight is 584 g/mol. The zero-order valence-electron chi connectivity index (χ0n) is 25.8. The summed E-state index contributed by atoms with van der Waals surface area (Å²) in [5.74, 6) is 1.86. The number of piperidine rings is 1. The lowest BCUT2D eigenvalue weighted by Crippen LogP contribution is -2.73. The topological polar surface area (TPSA) is 71.1 Å². The van der Waals surface area contributed by atoms with Crippen LogP contribution in [-0.4, -0.2) is 52.8 Å². The van der Waals surface area contributed by atoms with E-state index >= 15 is 0 Å². The second kappa shape index (κ2) is 14.1. The molecular weight excluding hydrogens is 538 g/mol. The van der Waals surface area contributed by atoms with Gasteiger partial charge in [-0.2, -0.15) is 0 Å². The summed E-state index contributed by atoms with van der Waals surface area (Å²) >= 11 is 0. The SMILES string of the molecule is CCCN1C(=O)C(CC(C)C)NC(=O)C12CCN(Cc1ccc(OCc3ccccc3)c(OCc3ccccc3)c1)CC2. The number of hydrogen-bond acceptors (Lipinski definition) is 5. The van der Waals surface area contributed by atoms with E-state index in [2.05, 4.69) is 55.3 Å². The van der Waals surface area contributed by atoms with Crippen LogP contribution in [0.25, 0.3) is 0 Å². The quantitative estimate of drug-likeness (QED) is 0.285. The van der Waals surface area contributed by atoms with Crippen molar-refractivity contribution in [1.29, 1.82) is 0 Å². The largest absolute Gasteiger partial charge is 0.485 e. The summed E-state index contributed by atoms with van der Waals surface area (Å²) < 4.78 is 12.5. The van der Waals surface area contributed by atoms with E-state index < -0.39 is 11.6 Å². The van der Waals surface area contributed by atoms with Gasteiger partial charge in [0.05, 0.1) is 0 Å². The zero-order valence-corrected chi connectivity index (χ0v) is 25.8. The Hall–Kier alpha value is -3.84. The van der Waals surface area contributed by atoms with Gasteiger partial charge in [-0.25, -0.2) is 0 Å². The number of carbonyl (C=O) groups excluding carboxylic acids is 2. The molecule has 1 spiro atoms. The number of likely N-dealkylation sites (tertiary alicyclic amines) is 1. The minimum atomic E-state index is -0.754. The molecule has 1 unspecified atom stereocenters. The van der Waals surface area contributed by atoms with Crippen molar-refractivity contribution in [1.82, 2.24) is 15.1 Å². The van der Waals surface area contributed by atoms with E-state index in [1.807, 2.05) is 59.5 Å². The van der Waals surface area contributed by atoms with Crippen molar-refractivity contribution in [2.24, 2.45) is 5.92 Å². The van der Waals surface area contributed by atoms with Crippen LogP contribution in [0.3, 0.4) is 0 Å². The van der Waals surface area contributed by atoms with Crippen LogP contribution in [0.4, 0.5) is 0 Å². The second-order valence-electron chi connectivity index (χ2n) is 12.3. The van der Waals surface area contributed by atoms with E-state index in [1.165, 1.54) is 0 Å². The number of nitrogens with zero attached hydrogens (tertiary/aromatic N) is 2. The van der Waals surface area contributed by atoms with Gasteiger partial charge in [0.25, 0.3) is 0 Å². The highest BCUT2D eigenvalue weighted by molar-refractivity contribution is 6.00. The van der Waals surface area contributed by atoms with Gasteiger partial charge in [0.15, 0.2) is 11.5 Å². The van der Waals surface area contributed by atoms with Crippen LogP contribution < -0.4 is 14.8 Å². The summed E-state index contributed by atoms with van der Waals surface area (Å²) in [6.07, 6.45) is 2.78. The predicted molar refractivity (Wildman–Crippen MR) is 169 cm³/mol. The fourth-order valence-electron chi connectivity index (χ4n) is 6.24. The molecule has 228 valence electrons. The number of benzene rings is 3. The van der Waals surface area contributed by atoms with Gasteiger partial charge in [-0.05, 0) is 60.4 Å². The third-order valence-electron chi connectivity index (χ3n) is 8.53. The van der Waals surface area contributed by atoms with E-state index in [4.69, 9.17) is 9.47 Å². The smallest absolute Gasteiger partial charge is 0.246 e. The molecule has 3 aromatic rings. The molecule has 3 aromatic carbocycles. The highest BCUT2D eigenvalue weighted by atomic mass is 16.5. The minimum absolute atomic E-state index is 0.0161. The standard InChI is InChI=1S/C36H45N3O4/c1-4-19-39-34(40)31(22-27(2)3)37-35(41)36(39)17-20-38(21-18-36)24-30-15-16-32(42-25-28-11-7-5-8-12-28)33(23-30)43-26-29-13-9-6-10-14-29/h5-16,23,27,31H,4,17-22,24-26H2,1-3H3,(H,37,41). The molecule has 2 fully saturated rings. The van der Waals surface area contributed by atoms with Gasteiger partial charge >= 0.3 is 0 Å². The predicted octanol–water partition coefficient (Wildman–Crippen LogP) is 5.96. The fourth-order valence-corrected chi connectivity index (χ4v) is 6.24.